The zero-order valence-electron chi connectivity index (χ0n) is 9.40. The molecule has 0 amide bonds. The summed E-state index contributed by atoms with van der Waals surface area (Å²) >= 11 is 0. The summed E-state index contributed by atoms with van der Waals surface area (Å²) in [5.41, 5.74) is 9.03. The van der Waals surface area contributed by atoms with Gasteiger partial charge >= 0.3 is 0 Å². The van der Waals surface area contributed by atoms with Gasteiger partial charge in [-0.3, -0.25) is 5.43 Å². The average Bonchev–Trinajstić information content (AvgIpc) is 2.40. The lowest BCUT2D eigenvalue weighted by Crippen LogP contribution is -2.00. The number of benzene rings is 2. The molecule has 3 nitrogen and oxygen atoms in total. The molecule has 0 saturated carbocycles. The van der Waals surface area contributed by atoms with Gasteiger partial charge in [0.15, 0.2) is 11.6 Å². The molecule has 18 heavy (non-hydrogen) atoms. The fourth-order valence-corrected chi connectivity index (χ4v) is 1.38. The van der Waals surface area contributed by atoms with Gasteiger partial charge in [0.2, 0.25) is 0 Å². The van der Waals surface area contributed by atoms with Crippen LogP contribution in [0.25, 0.3) is 0 Å². The number of nitrogens with two attached hydrogens (primary N) is 1. The smallest absolute Gasteiger partial charge is 0.182 e. The van der Waals surface area contributed by atoms with Crippen LogP contribution in [0, 0.1) is 11.6 Å². The summed E-state index contributed by atoms with van der Waals surface area (Å²) in [7, 11) is 0. The van der Waals surface area contributed by atoms with E-state index in [1.54, 1.807) is 0 Å². The van der Waals surface area contributed by atoms with E-state index in [1.165, 1.54) is 12.3 Å². The Morgan fingerprint density at radius 1 is 1.06 bits per heavy atom. The van der Waals surface area contributed by atoms with Crippen molar-refractivity contribution in [2.75, 3.05) is 11.2 Å². The molecule has 0 aliphatic carbocycles. The number of nitrogen functional groups attached to an aromatic ring is 1. The van der Waals surface area contributed by atoms with Crippen LogP contribution < -0.4 is 11.2 Å². The summed E-state index contributed by atoms with van der Waals surface area (Å²) in [4.78, 5) is 0. The maximum Gasteiger partial charge on any atom is 0.182 e. The quantitative estimate of drug-likeness (QED) is 0.497. The third-order valence-corrected chi connectivity index (χ3v) is 2.34. The van der Waals surface area contributed by atoms with Gasteiger partial charge in [-0.2, -0.15) is 5.10 Å². The molecule has 0 aliphatic heterocycles. The molecule has 0 unspecified atom stereocenters. The molecule has 2 aromatic rings. The van der Waals surface area contributed by atoms with Gasteiger partial charge in [0.1, 0.15) is 0 Å². The highest BCUT2D eigenvalue weighted by Crippen LogP contribution is 2.17. The minimum atomic E-state index is -1.06. The zero-order valence-corrected chi connectivity index (χ0v) is 9.40. The van der Waals surface area contributed by atoms with Gasteiger partial charge in [0, 0.05) is 5.56 Å². The van der Waals surface area contributed by atoms with E-state index in [9.17, 15) is 8.78 Å². The van der Waals surface area contributed by atoms with E-state index in [0.717, 1.165) is 11.8 Å². The standard InChI is InChI=1S/C13H11F2N3/c14-11-7-6-9(13(16)12(11)15)8-17-18-10-4-2-1-3-5-10/h1-8,18H,16H2. The van der Waals surface area contributed by atoms with Crippen LogP contribution in [0.15, 0.2) is 47.6 Å². The van der Waals surface area contributed by atoms with E-state index in [2.05, 4.69) is 10.5 Å². The third-order valence-electron chi connectivity index (χ3n) is 2.34. The molecule has 2 aromatic carbocycles. The van der Waals surface area contributed by atoms with Crippen LogP contribution in [-0.2, 0) is 0 Å². The Balaban J connectivity index is 2.13. The third kappa shape index (κ3) is 2.63. The monoisotopic (exact) mass is 247 g/mol. The fraction of sp³-hybridized carbons (Fsp3) is 0. The molecular weight excluding hydrogens is 236 g/mol. The van der Waals surface area contributed by atoms with Crippen molar-refractivity contribution >= 4 is 17.6 Å². The number of nitrogens with zero attached hydrogens (tertiary/aromatic N) is 1. The van der Waals surface area contributed by atoms with Crippen molar-refractivity contribution in [2.24, 2.45) is 5.10 Å². The topological polar surface area (TPSA) is 50.4 Å². The van der Waals surface area contributed by atoms with Crippen molar-refractivity contribution in [1.82, 2.24) is 0 Å². The Labute approximate surface area is 103 Å². The van der Waals surface area contributed by atoms with Crippen LogP contribution in [-0.4, -0.2) is 6.21 Å². The van der Waals surface area contributed by atoms with Crippen molar-refractivity contribution in [1.29, 1.82) is 0 Å². The SMILES string of the molecule is Nc1c(C=NNc2ccccc2)ccc(F)c1F. The predicted molar refractivity (Wildman–Crippen MR) is 68.4 cm³/mol. The Morgan fingerprint density at radius 3 is 2.50 bits per heavy atom. The Kier molecular flexibility index (Phi) is 3.52. The molecule has 2 rings (SSSR count). The van der Waals surface area contributed by atoms with Crippen LogP contribution in [0.4, 0.5) is 20.2 Å². The number of para-hydroxylation sites is 1. The highest BCUT2D eigenvalue weighted by atomic mass is 19.2. The molecule has 0 fully saturated rings. The number of hydrogen-bond acceptors (Lipinski definition) is 3. The van der Waals surface area contributed by atoms with E-state index in [-0.39, 0.29) is 5.69 Å². The molecule has 0 bridgehead atoms. The zero-order chi connectivity index (χ0) is 13.0. The van der Waals surface area contributed by atoms with Crippen molar-refractivity contribution in [3.8, 4) is 0 Å². The van der Waals surface area contributed by atoms with Crippen molar-refractivity contribution < 1.29 is 8.78 Å². The molecule has 0 aromatic heterocycles. The first-order chi connectivity index (χ1) is 8.68. The highest BCUT2D eigenvalue weighted by Gasteiger charge is 2.08. The van der Waals surface area contributed by atoms with Crippen molar-refractivity contribution in [3.63, 3.8) is 0 Å². The Morgan fingerprint density at radius 2 is 1.78 bits per heavy atom. The van der Waals surface area contributed by atoms with Gasteiger partial charge in [-0.05, 0) is 24.3 Å². The maximum atomic E-state index is 13.2. The molecule has 3 N–H and O–H groups in total. The summed E-state index contributed by atoms with van der Waals surface area (Å²) < 4.78 is 26.0. The first kappa shape index (κ1) is 12.0. The number of halogens is 2. The summed E-state index contributed by atoms with van der Waals surface area (Å²) in [5.74, 6) is -2.03. The lowest BCUT2D eigenvalue weighted by atomic mass is 10.2. The maximum absolute atomic E-state index is 13.2. The van der Waals surface area contributed by atoms with Gasteiger partial charge in [0.25, 0.3) is 0 Å². The van der Waals surface area contributed by atoms with Gasteiger partial charge in [-0.15, -0.1) is 0 Å². The summed E-state index contributed by atoms with van der Waals surface area (Å²) in [5, 5.41) is 3.90. The van der Waals surface area contributed by atoms with E-state index >= 15 is 0 Å². The van der Waals surface area contributed by atoms with E-state index in [4.69, 9.17) is 5.73 Å². The van der Waals surface area contributed by atoms with Gasteiger partial charge < -0.3 is 5.73 Å². The van der Waals surface area contributed by atoms with Crippen LogP contribution in [0.1, 0.15) is 5.56 Å². The minimum absolute atomic E-state index is 0.256. The molecule has 5 heteroatoms. The molecule has 0 radical (unpaired) electrons. The average molecular weight is 247 g/mol. The number of nitrogens with one attached hydrogen (secondary N) is 1. The van der Waals surface area contributed by atoms with E-state index in [0.29, 0.717) is 5.56 Å². The van der Waals surface area contributed by atoms with E-state index < -0.39 is 11.6 Å². The summed E-state index contributed by atoms with van der Waals surface area (Å²) in [6, 6.07) is 11.6. The molecule has 0 spiro atoms. The molecule has 92 valence electrons. The normalized spacial score (nSPS) is 10.8. The molecule has 0 heterocycles. The van der Waals surface area contributed by atoms with Crippen LogP contribution in [0.3, 0.4) is 0 Å². The fourth-order valence-electron chi connectivity index (χ4n) is 1.38. The Bertz CT molecular complexity index is 568. The van der Waals surface area contributed by atoms with Gasteiger partial charge in [0.05, 0.1) is 17.6 Å². The second kappa shape index (κ2) is 5.27. The number of hydrogen-bond donors (Lipinski definition) is 2. The number of rotatable bonds is 3. The van der Waals surface area contributed by atoms with Crippen molar-refractivity contribution in [2.45, 2.75) is 0 Å². The second-order valence-corrected chi connectivity index (χ2v) is 3.60. The van der Waals surface area contributed by atoms with Crippen LogP contribution >= 0.6 is 0 Å². The lowest BCUT2D eigenvalue weighted by molar-refractivity contribution is 0.512. The second-order valence-electron chi connectivity index (χ2n) is 3.60. The van der Waals surface area contributed by atoms with Gasteiger partial charge in [-0.1, -0.05) is 18.2 Å². The molecule has 0 aliphatic rings. The number of anilines is 2. The number of hydrazone groups is 1. The van der Waals surface area contributed by atoms with Gasteiger partial charge in [-0.25, -0.2) is 8.78 Å². The minimum Gasteiger partial charge on any atom is -0.396 e. The van der Waals surface area contributed by atoms with Crippen molar-refractivity contribution in [3.05, 3.63) is 59.7 Å². The molecular formula is C13H11F2N3. The largest absolute Gasteiger partial charge is 0.396 e. The molecule has 0 saturated heterocycles. The van der Waals surface area contributed by atoms with Crippen LogP contribution in [0.5, 0.6) is 0 Å². The molecule has 0 atom stereocenters. The lowest BCUT2D eigenvalue weighted by Gasteiger charge is -2.02. The van der Waals surface area contributed by atoms with E-state index in [1.807, 2.05) is 30.3 Å². The first-order valence-corrected chi connectivity index (χ1v) is 5.26. The Hall–Kier alpha value is -2.43. The first-order valence-electron chi connectivity index (χ1n) is 5.26. The highest BCUT2D eigenvalue weighted by molar-refractivity contribution is 5.87. The predicted octanol–water partition coefficient (Wildman–Crippen LogP) is 2.99. The summed E-state index contributed by atoms with van der Waals surface area (Å²) in [6.07, 6.45) is 1.34. The summed E-state index contributed by atoms with van der Waals surface area (Å²) in [6.45, 7) is 0. The van der Waals surface area contributed by atoms with Crippen LogP contribution in [0.2, 0.25) is 0 Å².